The van der Waals surface area contributed by atoms with E-state index in [0.29, 0.717) is 5.56 Å². The van der Waals surface area contributed by atoms with Gasteiger partial charge in [-0.25, -0.2) is 19.6 Å². The summed E-state index contributed by atoms with van der Waals surface area (Å²) >= 11 is 0. The number of hydrogen-bond acceptors (Lipinski definition) is 5. The van der Waals surface area contributed by atoms with E-state index in [1.165, 1.54) is 12.4 Å². The highest BCUT2D eigenvalue weighted by Gasteiger charge is 2.14. The van der Waals surface area contributed by atoms with Crippen molar-refractivity contribution < 1.29 is 19.4 Å². The van der Waals surface area contributed by atoms with Crippen molar-refractivity contribution in [2.24, 2.45) is 0 Å². The number of rotatable bonds is 4. The second kappa shape index (κ2) is 6.65. The molecule has 0 spiro atoms. The molecule has 0 atom stereocenters. The van der Waals surface area contributed by atoms with E-state index < -0.39 is 17.7 Å². The van der Waals surface area contributed by atoms with E-state index in [1.54, 1.807) is 32.9 Å². The average molecular weight is 279 g/mol. The van der Waals surface area contributed by atoms with Crippen molar-refractivity contribution in [1.82, 2.24) is 15.3 Å². The van der Waals surface area contributed by atoms with Gasteiger partial charge in [-0.1, -0.05) is 12.2 Å². The molecule has 0 aromatic carbocycles. The number of carbonyl (C=O) groups is 2. The Labute approximate surface area is 116 Å². The molecule has 0 aliphatic heterocycles. The number of carboxylic acids is 1. The monoisotopic (exact) mass is 279 g/mol. The number of carbonyl (C=O) groups excluding carboxylic acids is 1. The van der Waals surface area contributed by atoms with Crippen LogP contribution in [0.1, 0.15) is 37.0 Å². The van der Waals surface area contributed by atoms with Gasteiger partial charge in [-0.2, -0.15) is 0 Å². The van der Waals surface area contributed by atoms with E-state index in [1.807, 2.05) is 0 Å². The number of aromatic nitrogens is 2. The molecule has 0 unspecified atom stereocenters. The van der Waals surface area contributed by atoms with Crippen LogP contribution in [-0.4, -0.2) is 39.3 Å². The SMILES string of the molecule is CC(C)(C)OC(=O)NCC=Cc1cnc(C(=O)O)nc1. The topological polar surface area (TPSA) is 101 Å². The zero-order chi connectivity index (χ0) is 15.2. The van der Waals surface area contributed by atoms with Gasteiger partial charge in [0.1, 0.15) is 5.60 Å². The summed E-state index contributed by atoms with van der Waals surface area (Å²) in [6.45, 7) is 5.63. The Hall–Kier alpha value is -2.44. The predicted molar refractivity (Wildman–Crippen MR) is 72.3 cm³/mol. The summed E-state index contributed by atoms with van der Waals surface area (Å²) < 4.78 is 5.06. The third-order valence-corrected chi connectivity index (χ3v) is 1.94. The van der Waals surface area contributed by atoms with Crippen LogP contribution in [0.4, 0.5) is 4.79 Å². The molecule has 0 radical (unpaired) electrons. The molecule has 20 heavy (non-hydrogen) atoms. The van der Waals surface area contributed by atoms with Gasteiger partial charge in [0.15, 0.2) is 0 Å². The summed E-state index contributed by atoms with van der Waals surface area (Å²) in [6.07, 6.45) is 5.63. The molecule has 1 rings (SSSR count). The van der Waals surface area contributed by atoms with Crippen LogP contribution in [-0.2, 0) is 4.74 Å². The number of alkyl carbamates (subject to hydrolysis) is 1. The van der Waals surface area contributed by atoms with Crippen LogP contribution in [0.5, 0.6) is 0 Å². The minimum atomic E-state index is -1.17. The van der Waals surface area contributed by atoms with Crippen molar-refractivity contribution >= 4 is 18.1 Å². The Morgan fingerprint density at radius 1 is 1.35 bits per heavy atom. The fraction of sp³-hybridized carbons (Fsp3) is 0.385. The van der Waals surface area contributed by atoms with E-state index >= 15 is 0 Å². The normalized spacial score (nSPS) is 11.3. The van der Waals surface area contributed by atoms with Gasteiger partial charge in [0.2, 0.25) is 5.82 Å². The molecule has 2 N–H and O–H groups in total. The number of aromatic carboxylic acids is 1. The van der Waals surface area contributed by atoms with Crippen molar-refractivity contribution in [3.8, 4) is 0 Å². The van der Waals surface area contributed by atoms with Crippen molar-refractivity contribution in [2.45, 2.75) is 26.4 Å². The number of amides is 1. The van der Waals surface area contributed by atoms with Gasteiger partial charge in [0.25, 0.3) is 0 Å². The summed E-state index contributed by atoms with van der Waals surface area (Å²) in [5, 5.41) is 11.2. The number of carboxylic acid groups (broad SMARTS) is 1. The molecule has 7 heteroatoms. The first kappa shape index (κ1) is 15.6. The van der Waals surface area contributed by atoms with Crippen molar-refractivity contribution in [3.05, 3.63) is 29.9 Å². The maximum Gasteiger partial charge on any atom is 0.407 e. The largest absolute Gasteiger partial charge is 0.475 e. The van der Waals surface area contributed by atoms with Gasteiger partial charge >= 0.3 is 12.1 Å². The number of ether oxygens (including phenoxy) is 1. The van der Waals surface area contributed by atoms with Crippen molar-refractivity contribution in [1.29, 1.82) is 0 Å². The van der Waals surface area contributed by atoms with Crippen LogP contribution < -0.4 is 5.32 Å². The molecular weight excluding hydrogens is 262 g/mol. The van der Waals surface area contributed by atoms with Crippen LogP contribution in [0.2, 0.25) is 0 Å². The first-order valence-corrected chi connectivity index (χ1v) is 5.96. The molecule has 0 aliphatic carbocycles. The van der Waals surface area contributed by atoms with Gasteiger partial charge < -0.3 is 15.2 Å². The van der Waals surface area contributed by atoms with Crippen LogP contribution in [0.3, 0.4) is 0 Å². The van der Waals surface area contributed by atoms with E-state index in [2.05, 4.69) is 15.3 Å². The van der Waals surface area contributed by atoms with Crippen LogP contribution in [0, 0.1) is 0 Å². The third kappa shape index (κ3) is 5.94. The zero-order valence-electron chi connectivity index (χ0n) is 11.6. The standard InChI is InChI=1S/C13H17N3O4/c1-13(2,3)20-12(19)14-6-4-5-9-7-15-10(11(17)18)16-8-9/h4-5,7-8H,6H2,1-3H3,(H,14,19)(H,17,18). The number of nitrogens with zero attached hydrogens (tertiary/aromatic N) is 2. The molecule has 0 saturated carbocycles. The highest BCUT2D eigenvalue weighted by Crippen LogP contribution is 2.06. The van der Waals surface area contributed by atoms with E-state index in [4.69, 9.17) is 9.84 Å². The second-order valence-electron chi connectivity index (χ2n) is 4.93. The molecular formula is C13H17N3O4. The smallest absolute Gasteiger partial charge is 0.407 e. The molecule has 1 aromatic rings. The van der Waals surface area contributed by atoms with E-state index in [9.17, 15) is 9.59 Å². The Kier molecular flexibility index (Phi) is 5.19. The maximum atomic E-state index is 11.3. The summed E-state index contributed by atoms with van der Waals surface area (Å²) in [7, 11) is 0. The number of hydrogen-bond donors (Lipinski definition) is 2. The molecule has 7 nitrogen and oxygen atoms in total. The lowest BCUT2D eigenvalue weighted by atomic mass is 10.2. The molecule has 0 aliphatic rings. The molecule has 1 heterocycles. The maximum absolute atomic E-state index is 11.3. The Morgan fingerprint density at radius 3 is 2.45 bits per heavy atom. The lowest BCUT2D eigenvalue weighted by molar-refractivity contribution is 0.0533. The summed E-state index contributed by atoms with van der Waals surface area (Å²) in [5.74, 6) is -1.43. The zero-order valence-corrected chi connectivity index (χ0v) is 11.6. The summed E-state index contributed by atoms with van der Waals surface area (Å²) in [4.78, 5) is 29.2. The third-order valence-electron chi connectivity index (χ3n) is 1.94. The summed E-state index contributed by atoms with van der Waals surface area (Å²) in [6, 6.07) is 0. The van der Waals surface area contributed by atoms with Gasteiger partial charge in [-0.3, -0.25) is 0 Å². The van der Waals surface area contributed by atoms with Gasteiger partial charge in [0.05, 0.1) is 0 Å². The first-order valence-electron chi connectivity index (χ1n) is 5.96. The molecule has 1 aromatic heterocycles. The highest BCUT2D eigenvalue weighted by atomic mass is 16.6. The molecule has 0 bridgehead atoms. The van der Waals surface area contributed by atoms with Gasteiger partial charge in [-0.15, -0.1) is 0 Å². The van der Waals surface area contributed by atoms with Crippen LogP contribution >= 0.6 is 0 Å². The quantitative estimate of drug-likeness (QED) is 0.870. The number of nitrogens with one attached hydrogen (secondary N) is 1. The molecule has 0 fully saturated rings. The van der Waals surface area contributed by atoms with Crippen LogP contribution in [0.15, 0.2) is 18.5 Å². The predicted octanol–water partition coefficient (Wildman–Crippen LogP) is 1.71. The highest BCUT2D eigenvalue weighted by molar-refractivity contribution is 5.83. The van der Waals surface area contributed by atoms with E-state index in [0.717, 1.165) is 0 Å². The first-order chi connectivity index (χ1) is 9.28. The average Bonchev–Trinajstić information content (AvgIpc) is 2.33. The fourth-order valence-electron chi connectivity index (χ4n) is 1.19. The molecule has 0 saturated heterocycles. The van der Waals surface area contributed by atoms with Crippen molar-refractivity contribution in [2.75, 3.05) is 6.54 Å². The minimum Gasteiger partial charge on any atom is -0.475 e. The Bertz CT molecular complexity index is 503. The van der Waals surface area contributed by atoms with E-state index in [-0.39, 0.29) is 12.4 Å². The minimum absolute atomic E-state index is 0.256. The van der Waals surface area contributed by atoms with Gasteiger partial charge in [0, 0.05) is 24.5 Å². The second-order valence-corrected chi connectivity index (χ2v) is 4.93. The van der Waals surface area contributed by atoms with Crippen LogP contribution in [0.25, 0.3) is 6.08 Å². The fourth-order valence-corrected chi connectivity index (χ4v) is 1.19. The lowest BCUT2D eigenvalue weighted by Crippen LogP contribution is -2.32. The Morgan fingerprint density at radius 2 is 1.95 bits per heavy atom. The Balaban J connectivity index is 2.42. The van der Waals surface area contributed by atoms with Gasteiger partial charge in [-0.05, 0) is 20.8 Å². The molecule has 108 valence electrons. The molecule has 1 amide bonds. The van der Waals surface area contributed by atoms with Crippen molar-refractivity contribution in [3.63, 3.8) is 0 Å². The summed E-state index contributed by atoms with van der Waals surface area (Å²) in [5.41, 5.74) is 0.106. The lowest BCUT2D eigenvalue weighted by Gasteiger charge is -2.19.